The molecular weight excluding hydrogens is 713 g/mol. The lowest BCUT2D eigenvalue weighted by Gasteiger charge is -2.26. The Labute approximate surface area is 300 Å². The number of benzene rings is 1. The number of hydrogen-bond acceptors (Lipinski definition) is 14. The van der Waals surface area contributed by atoms with Crippen molar-refractivity contribution in [1.82, 2.24) is 29.9 Å². The summed E-state index contributed by atoms with van der Waals surface area (Å²) in [5.41, 5.74) is 6.45. The van der Waals surface area contributed by atoms with Crippen LogP contribution < -0.4 is 20.9 Å². The average Bonchev–Trinajstić information content (AvgIpc) is 3.57. The van der Waals surface area contributed by atoms with Crippen LogP contribution in [0.2, 0.25) is 0 Å². The maximum Gasteiger partial charge on any atom is 0.407 e. The first-order valence-corrected chi connectivity index (χ1v) is 18.9. The maximum absolute atomic E-state index is 14.0. The molecule has 0 saturated carbocycles. The number of aromatic nitrogens is 4. The number of amides is 1. The number of aliphatic hydroxyl groups is 1. The van der Waals surface area contributed by atoms with Gasteiger partial charge >= 0.3 is 13.8 Å². The number of nitrogen functional groups attached to an aromatic ring is 1. The standard InChI is InChI=1S/C31H45ClN7O9PS/c1-7-44-25-22-24(37-28(33)38-25)39(18-35-22)26-31(6,32)23(40)21(48-26)16-46-49(43,36-15-20-11-9-8-10-12-20)45-13-14-50-27(41)30(4,5)17-34-29(42)47-19(2)3/h8-12,18-19,21,23,26,40H,7,13-17H2,1-6H3,(H,34,42)(H,36,43)(H2,33,37,38)/t21-,23-,26-,31-,49+/m1/s1. The third-order valence-corrected chi connectivity index (χ3v) is 10.7. The lowest BCUT2D eigenvalue weighted by molar-refractivity contribution is -0.117. The van der Waals surface area contributed by atoms with E-state index in [9.17, 15) is 19.3 Å². The zero-order chi connectivity index (χ0) is 36.7. The number of aliphatic hydroxyl groups excluding tert-OH is 1. The number of imidazole rings is 1. The SMILES string of the molecule is CCOc1nc(N)nc2c1ncn2[C@@H]1O[C@H](CO[P@](=O)(NCc2ccccc2)OCCSC(=O)C(C)(C)CNC(=O)OC(C)C)[C@@H](O)[C@@]1(C)Cl. The van der Waals surface area contributed by atoms with Crippen molar-refractivity contribution in [3.63, 3.8) is 0 Å². The molecule has 5 atom stereocenters. The van der Waals surface area contributed by atoms with Gasteiger partial charge in [0, 0.05) is 18.8 Å². The van der Waals surface area contributed by atoms with E-state index < -0.39 is 42.6 Å². The van der Waals surface area contributed by atoms with E-state index in [4.69, 9.17) is 40.6 Å². The highest BCUT2D eigenvalue weighted by molar-refractivity contribution is 8.13. The lowest BCUT2D eigenvalue weighted by Crippen LogP contribution is -2.40. The molecule has 0 bridgehead atoms. The zero-order valence-electron chi connectivity index (χ0n) is 28.8. The van der Waals surface area contributed by atoms with Crippen LogP contribution in [-0.2, 0) is 34.4 Å². The largest absolute Gasteiger partial charge is 0.476 e. The highest BCUT2D eigenvalue weighted by atomic mass is 35.5. The average molecular weight is 758 g/mol. The van der Waals surface area contributed by atoms with Crippen molar-refractivity contribution in [2.45, 2.75) is 77.5 Å². The van der Waals surface area contributed by atoms with Crippen LogP contribution in [-0.4, -0.2) is 91.1 Å². The number of nitrogens with zero attached hydrogens (tertiary/aromatic N) is 4. The van der Waals surface area contributed by atoms with E-state index in [1.807, 2.05) is 30.3 Å². The number of anilines is 1. The van der Waals surface area contributed by atoms with Crippen molar-refractivity contribution in [1.29, 1.82) is 0 Å². The first-order chi connectivity index (χ1) is 23.6. The summed E-state index contributed by atoms with van der Waals surface area (Å²) in [6, 6.07) is 9.22. The first kappa shape index (κ1) is 39.8. The smallest absolute Gasteiger partial charge is 0.407 e. The second kappa shape index (κ2) is 17.0. The van der Waals surface area contributed by atoms with Crippen molar-refractivity contribution >= 4 is 59.4 Å². The van der Waals surface area contributed by atoms with Crippen molar-refractivity contribution in [3.8, 4) is 5.88 Å². The number of carbonyl (C=O) groups excluding carboxylic acids is 2. The summed E-state index contributed by atoms with van der Waals surface area (Å²) in [6.07, 6.45) is -2.80. The van der Waals surface area contributed by atoms with Crippen LogP contribution in [0.3, 0.4) is 0 Å². The number of carbonyl (C=O) groups is 2. The van der Waals surface area contributed by atoms with E-state index in [1.54, 1.807) is 41.5 Å². The molecule has 0 aliphatic carbocycles. The Morgan fingerprint density at radius 2 is 1.96 bits per heavy atom. The van der Waals surface area contributed by atoms with Gasteiger partial charge in [-0.25, -0.2) is 19.4 Å². The lowest BCUT2D eigenvalue weighted by atomic mass is 9.96. The fraction of sp³-hybridized carbons (Fsp3) is 0.581. The van der Waals surface area contributed by atoms with Gasteiger partial charge in [0.2, 0.25) is 11.8 Å². The number of nitrogens with one attached hydrogen (secondary N) is 2. The van der Waals surface area contributed by atoms with E-state index in [2.05, 4.69) is 25.4 Å². The zero-order valence-corrected chi connectivity index (χ0v) is 31.3. The summed E-state index contributed by atoms with van der Waals surface area (Å²) < 4.78 is 43.9. The van der Waals surface area contributed by atoms with E-state index in [1.165, 1.54) is 10.9 Å². The third kappa shape index (κ3) is 10.1. The van der Waals surface area contributed by atoms with Crippen molar-refractivity contribution in [2.24, 2.45) is 5.41 Å². The molecule has 19 heteroatoms. The summed E-state index contributed by atoms with van der Waals surface area (Å²) >= 11 is 7.84. The van der Waals surface area contributed by atoms with E-state index in [-0.39, 0.29) is 60.8 Å². The molecule has 4 rings (SSSR count). The number of alkyl carbamates (subject to hydrolysis) is 1. The van der Waals surface area contributed by atoms with Gasteiger partial charge in [0.05, 0.1) is 37.7 Å². The van der Waals surface area contributed by atoms with Crippen LogP contribution in [0.1, 0.15) is 53.3 Å². The number of alkyl halides is 1. The van der Waals surface area contributed by atoms with E-state index in [0.717, 1.165) is 17.3 Å². The Morgan fingerprint density at radius 3 is 2.64 bits per heavy atom. The topological polar surface area (TPSA) is 211 Å². The van der Waals surface area contributed by atoms with Crippen molar-refractivity contribution in [3.05, 3.63) is 42.2 Å². The summed E-state index contributed by atoms with van der Waals surface area (Å²) in [6.45, 7) is 10.3. The van der Waals surface area contributed by atoms with Crippen molar-refractivity contribution in [2.75, 3.05) is 37.9 Å². The minimum absolute atomic E-state index is 0.0496. The van der Waals surface area contributed by atoms with Gasteiger partial charge in [0.25, 0.3) is 0 Å². The van der Waals surface area contributed by atoms with Crippen LogP contribution in [0, 0.1) is 5.41 Å². The Kier molecular flexibility index (Phi) is 13.5. The first-order valence-electron chi connectivity index (χ1n) is 16.0. The Morgan fingerprint density at radius 1 is 1.24 bits per heavy atom. The van der Waals surface area contributed by atoms with E-state index >= 15 is 0 Å². The number of fused-ring (bicyclic) bond motifs is 1. The van der Waals surface area contributed by atoms with Gasteiger partial charge in [-0.1, -0.05) is 55.9 Å². The summed E-state index contributed by atoms with van der Waals surface area (Å²) in [4.78, 5) is 36.1. The highest BCUT2D eigenvalue weighted by Gasteiger charge is 2.54. The molecule has 1 amide bonds. The van der Waals surface area contributed by atoms with Crippen molar-refractivity contribution < 1.29 is 42.5 Å². The molecule has 5 N–H and O–H groups in total. The molecule has 0 unspecified atom stereocenters. The molecule has 50 heavy (non-hydrogen) atoms. The minimum atomic E-state index is -4.04. The monoisotopic (exact) mass is 757 g/mol. The molecule has 0 spiro atoms. The third-order valence-electron chi connectivity index (χ3n) is 7.53. The molecule has 276 valence electrons. The maximum atomic E-state index is 14.0. The molecular formula is C31H45ClN7O9PS. The number of hydrogen-bond donors (Lipinski definition) is 4. The van der Waals surface area contributed by atoms with Gasteiger partial charge in [-0.2, -0.15) is 9.97 Å². The second-order valence-electron chi connectivity index (χ2n) is 12.5. The normalized spacial score (nSPS) is 22.1. The second-order valence-corrected chi connectivity index (χ2v) is 16.3. The summed E-state index contributed by atoms with van der Waals surface area (Å²) in [5, 5.41) is 16.5. The van der Waals surface area contributed by atoms with Gasteiger partial charge in [0.15, 0.2) is 22.5 Å². The van der Waals surface area contributed by atoms with Crippen LogP contribution in [0.5, 0.6) is 5.88 Å². The van der Waals surface area contributed by atoms with Crippen LogP contribution in [0.4, 0.5) is 10.7 Å². The Bertz CT molecular complexity index is 1660. The molecule has 16 nitrogen and oxygen atoms in total. The quantitative estimate of drug-likeness (QED) is 0.0853. The highest BCUT2D eigenvalue weighted by Crippen LogP contribution is 2.48. The summed E-state index contributed by atoms with van der Waals surface area (Å²) in [7, 11) is -4.04. The van der Waals surface area contributed by atoms with Gasteiger partial charge in [-0.15, -0.1) is 11.6 Å². The van der Waals surface area contributed by atoms with Crippen LogP contribution >= 0.6 is 31.1 Å². The molecule has 1 aliphatic rings. The molecule has 1 aliphatic heterocycles. The molecule has 3 aromatic rings. The van der Waals surface area contributed by atoms with Crippen LogP contribution in [0.15, 0.2) is 36.7 Å². The fourth-order valence-corrected chi connectivity index (χ4v) is 7.40. The molecule has 0 radical (unpaired) electrons. The van der Waals surface area contributed by atoms with Gasteiger partial charge in [0.1, 0.15) is 17.1 Å². The molecule has 1 saturated heterocycles. The number of nitrogens with two attached hydrogens (primary N) is 1. The minimum Gasteiger partial charge on any atom is -0.476 e. The van der Waals surface area contributed by atoms with E-state index in [0.29, 0.717) is 12.1 Å². The van der Waals surface area contributed by atoms with Gasteiger partial charge in [-0.05, 0) is 33.3 Å². The molecule has 1 fully saturated rings. The predicted molar refractivity (Wildman–Crippen MR) is 189 cm³/mol. The van der Waals surface area contributed by atoms with Gasteiger partial charge in [-0.3, -0.25) is 18.4 Å². The number of rotatable bonds is 17. The fourth-order valence-electron chi connectivity index (χ4n) is 4.86. The number of ether oxygens (including phenoxy) is 3. The summed E-state index contributed by atoms with van der Waals surface area (Å²) in [5.74, 6) is 0.287. The Balaban J connectivity index is 1.41. The Hall–Kier alpha value is -3.02. The molecule has 1 aromatic carbocycles. The molecule has 2 aromatic heterocycles. The number of halogens is 1. The number of thioether (sulfide) groups is 1. The van der Waals surface area contributed by atoms with Crippen LogP contribution in [0.25, 0.3) is 11.2 Å². The predicted octanol–water partition coefficient (Wildman–Crippen LogP) is 4.41. The van der Waals surface area contributed by atoms with Gasteiger partial charge < -0.3 is 30.4 Å². The molecule has 3 heterocycles.